The second kappa shape index (κ2) is 11.6. The molecule has 0 saturated carbocycles. The number of nitrogens with zero attached hydrogens (tertiary/aromatic N) is 6. The summed E-state index contributed by atoms with van der Waals surface area (Å²) in [4.78, 5) is 26.4. The van der Waals surface area contributed by atoms with E-state index >= 15 is 0 Å². The number of benzene rings is 1. The van der Waals surface area contributed by atoms with Gasteiger partial charge in [0.2, 0.25) is 0 Å². The Morgan fingerprint density at radius 1 is 1.26 bits per heavy atom. The van der Waals surface area contributed by atoms with Crippen molar-refractivity contribution in [1.29, 1.82) is 0 Å². The number of anilines is 1. The summed E-state index contributed by atoms with van der Waals surface area (Å²) in [6.45, 7) is 8.95. The van der Waals surface area contributed by atoms with Crippen LogP contribution in [0.15, 0.2) is 24.4 Å². The standard InChI is InChI=1S/C28H36Cl2N6O3/c1-16-15-34(11-9-23(16)35-10-5-6-20(35)13-24(37)28(38)39-4)25-14-31-26-17(2)33-36(27(26)32-25)18(3)21-8-7-19(29)12-22(21)30/h7-8,12,14,16,18,20,23-24,37H,5-6,9-11,13,15H2,1-4H3/t16?,18-,20+,23?,24?/m1/s1. The molecule has 2 fully saturated rings. The van der Waals surface area contributed by atoms with Crippen LogP contribution in [-0.2, 0) is 9.53 Å². The Balaban J connectivity index is 1.34. The van der Waals surface area contributed by atoms with Gasteiger partial charge in [0.05, 0.1) is 25.0 Å². The molecule has 2 aromatic heterocycles. The molecule has 5 atom stereocenters. The van der Waals surface area contributed by atoms with Crippen molar-refractivity contribution in [2.45, 2.75) is 70.7 Å². The van der Waals surface area contributed by atoms with E-state index in [4.69, 9.17) is 43.0 Å². The summed E-state index contributed by atoms with van der Waals surface area (Å²) in [5, 5.41) is 16.2. The fourth-order valence-corrected chi connectivity index (χ4v) is 6.87. The highest BCUT2D eigenvalue weighted by molar-refractivity contribution is 6.35. The Bertz CT molecular complexity index is 1350. The molecule has 4 heterocycles. The third-order valence-electron chi connectivity index (χ3n) is 8.34. The van der Waals surface area contributed by atoms with Gasteiger partial charge in [0.25, 0.3) is 0 Å². The molecule has 0 radical (unpaired) electrons. The number of carbonyl (C=O) groups is 1. The fourth-order valence-electron chi connectivity index (χ4n) is 6.31. The molecule has 2 aliphatic rings. The number of hydrogen-bond donors (Lipinski definition) is 1. The lowest BCUT2D eigenvalue weighted by Crippen LogP contribution is -2.52. The molecule has 0 aliphatic carbocycles. The van der Waals surface area contributed by atoms with Gasteiger partial charge >= 0.3 is 5.97 Å². The van der Waals surface area contributed by atoms with Gasteiger partial charge in [0.1, 0.15) is 11.3 Å². The van der Waals surface area contributed by atoms with Crippen LogP contribution >= 0.6 is 23.2 Å². The predicted molar refractivity (Wildman–Crippen MR) is 152 cm³/mol. The molecule has 0 bridgehead atoms. The second-order valence-corrected chi connectivity index (χ2v) is 11.7. The number of aryl methyl sites for hydroxylation is 1. The smallest absolute Gasteiger partial charge is 0.334 e. The van der Waals surface area contributed by atoms with E-state index in [2.05, 4.69) is 16.7 Å². The van der Waals surface area contributed by atoms with Gasteiger partial charge in [-0.2, -0.15) is 5.10 Å². The maximum atomic E-state index is 11.8. The van der Waals surface area contributed by atoms with Crippen molar-refractivity contribution in [1.82, 2.24) is 24.6 Å². The number of hydrogen-bond acceptors (Lipinski definition) is 8. The summed E-state index contributed by atoms with van der Waals surface area (Å²) in [5.74, 6) is 0.661. The molecule has 3 unspecified atom stereocenters. The Hall–Kier alpha value is -2.46. The lowest BCUT2D eigenvalue weighted by molar-refractivity contribution is -0.151. The SMILES string of the molecule is COC(=O)C(O)C[C@@H]1CCCN1C1CCN(c2cnc3c(C)nn([C@H](C)c4ccc(Cl)cc4Cl)c3n2)CC1C. The number of esters is 1. The lowest BCUT2D eigenvalue weighted by atomic mass is 9.91. The zero-order valence-electron chi connectivity index (χ0n) is 22.8. The van der Waals surface area contributed by atoms with E-state index in [0.29, 0.717) is 28.4 Å². The molecule has 3 aromatic rings. The van der Waals surface area contributed by atoms with Crippen molar-refractivity contribution in [3.05, 3.63) is 45.7 Å². The minimum Gasteiger partial charge on any atom is -0.467 e. The summed E-state index contributed by atoms with van der Waals surface area (Å²) in [6, 6.07) is 5.94. The van der Waals surface area contributed by atoms with E-state index in [1.54, 1.807) is 6.07 Å². The summed E-state index contributed by atoms with van der Waals surface area (Å²) in [7, 11) is 1.32. The van der Waals surface area contributed by atoms with E-state index in [-0.39, 0.29) is 12.1 Å². The predicted octanol–water partition coefficient (Wildman–Crippen LogP) is 4.65. The van der Waals surface area contributed by atoms with Crippen LogP contribution in [0.2, 0.25) is 10.0 Å². The van der Waals surface area contributed by atoms with E-state index in [0.717, 1.165) is 67.1 Å². The third kappa shape index (κ3) is 5.59. The quantitative estimate of drug-likeness (QED) is 0.407. The summed E-state index contributed by atoms with van der Waals surface area (Å²) >= 11 is 12.6. The molecular formula is C28H36Cl2N6O3. The number of aromatic nitrogens is 4. The highest BCUT2D eigenvalue weighted by atomic mass is 35.5. The van der Waals surface area contributed by atoms with Gasteiger partial charge in [-0.05, 0) is 69.7 Å². The van der Waals surface area contributed by atoms with Gasteiger partial charge in [-0.25, -0.2) is 19.4 Å². The van der Waals surface area contributed by atoms with Crippen LogP contribution in [0.1, 0.15) is 56.8 Å². The number of fused-ring (bicyclic) bond motifs is 1. The second-order valence-electron chi connectivity index (χ2n) is 10.9. The minimum absolute atomic E-state index is 0.146. The Kier molecular flexibility index (Phi) is 8.33. The zero-order valence-corrected chi connectivity index (χ0v) is 24.4. The number of methoxy groups -OCH3 is 1. The van der Waals surface area contributed by atoms with Crippen LogP contribution in [0.4, 0.5) is 5.82 Å². The van der Waals surface area contributed by atoms with Crippen LogP contribution in [0.3, 0.4) is 0 Å². The van der Waals surface area contributed by atoms with E-state index in [9.17, 15) is 9.90 Å². The van der Waals surface area contributed by atoms with Gasteiger partial charge in [-0.1, -0.05) is 36.2 Å². The van der Waals surface area contributed by atoms with Crippen LogP contribution in [0, 0.1) is 12.8 Å². The molecule has 210 valence electrons. The molecule has 0 amide bonds. The molecule has 11 heteroatoms. The van der Waals surface area contributed by atoms with Crippen LogP contribution < -0.4 is 4.90 Å². The first-order chi connectivity index (χ1) is 18.7. The molecule has 39 heavy (non-hydrogen) atoms. The number of piperidine rings is 1. The van der Waals surface area contributed by atoms with Gasteiger partial charge in [-0.15, -0.1) is 0 Å². The average molecular weight is 576 g/mol. The molecule has 9 nitrogen and oxygen atoms in total. The average Bonchev–Trinajstić information content (AvgIpc) is 3.51. The first-order valence-corrected chi connectivity index (χ1v) is 14.4. The number of aliphatic hydroxyl groups is 1. The molecular weight excluding hydrogens is 539 g/mol. The molecule has 2 saturated heterocycles. The maximum Gasteiger partial charge on any atom is 0.334 e. The number of rotatable bonds is 7. The summed E-state index contributed by atoms with van der Waals surface area (Å²) < 4.78 is 6.63. The normalized spacial score (nSPS) is 23.8. The fraction of sp³-hybridized carbons (Fsp3) is 0.571. The Labute approximate surface area is 239 Å². The number of carbonyl (C=O) groups excluding carboxylic acids is 1. The third-order valence-corrected chi connectivity index (χ3v) is 8.90. The molecule has 2 aliphatic heterocycles. The number of ether oxygens (including phenoxy) is 1. The van der Waals surface area contributed by atoms with Crippen LogP contribution in [0.25, 0.3) is 11.2 Å². The Morgan fingerprint density at radius 2 is 2.05 bits per heavy atom. The number of halogens is 2. The number of aliphatic hydroxyl groups excluding tert-OH is 1. The van der Waals surface area contributed by atoms with Crippen molar-refractivity contribution in [3.8, 4) is 0 Å². The molecule has 5 rings (SSSR count). The lowest BCUT2D eigenvalue weighted by Gasteiger charge is -2.44. The van der Waals surface area contributed by atoms with Crippen molar-refractivity contribution < 1.29 is 14.6 Å². The van der Waals surface area contributed by atoms with E-state index in [1.165, 1.54) is 7.11 Å². The van der Waals surface area contributed by atoms with Gasteiger partial charge in [0, 0.05) is 35.2 Å². The van der Waals surface area contributed by atoms with Crippen molar-refractivity contribution >= 4 is 46.2 Å². The van der Waals surface area contributed by atoms with Gasteiger partial charge in [0.15, 0.2) is 11.8 Å². The molecule has 1 N–H and O–H groups in total. The van der Waals surface area contributed by atoms with Gasteiger partial charge in [-0.3, -0.25) is 4.90 Å². The monoisotopic (exact) mass is 574 g/mol. The molecule has 0 spiro atoms. The topological polar surface area (TPSA) is 96.6 Å². The first-order valence-electron chi connectivity index (χ1n) is 13.6. The van der Waals surface area contributed by atoms with Crippen LogP contribution in [0.5, 0.6) is 0 Å². The molecule has 1 aromatic carbocycles. The minimum atomic E-state index is -1.07. The summed E-state index contributed by atoms with van der Waals surface area (Å²) in [5.41, 5.74) is 3.25. The van der Waals surface area contributed by atoms with E-state index < -0.39 is 12.1 Å². The zero-order chi connectivity index (χ0) is 27.8. The van der Waals surface area contributed by atoms with Crippen molar-refractivity contribution in [2.24, 2.45) is 5.92 Å². The highest BCUT2D eigenvalue weighted by Gasteiger charge is 2.38. The van der Waals surface area contributed by atoms with E-state index in [1.807, 2.05) is 36.9 Å². The highest BCUT2D eigenvalue weighted by Crippen LogP contribution is 2.34. The van der Waals surface area contributed by atoms with Gasteiger partial charge < -0.3 is 14.7 Å². The van der Waals surface area contributed by atoms with Crippen molar-refractivity contribution in [2.75, 3.05) is 31.6 Å². The first kappa shape index (κ1) is 28.1. The van der Waals surface area contributed by atoms with Crippen molar-refractivity contribution in [3.63, 3.8) is 0 Å². The Morgan fingerprint density at radius 3 is 2.77 bits per heavy atom. The van der Waals surface area contributed by atoms with Crippen LogP contribution in [-0.4, -0.2) is 80.7 Å². The number of likely N-dealkylation sites (tertiary alicyclic amines) is 1. The largest absolute Gasteiger partial charge is 0.467 e. The maximum absolute atomic E-state index is 11.8. The summed E-state index contributed by atoms with van der Waals surface area (Å²) in [6.07, 6.45) is 4.23.